The molecule has 1 aliphatic heterocycles. The Morgan fingerprint density at radius 3 is 2.83 bits per heavy atom. The van der Waals surface area contributed by atoms with Crippen LogP contribution in [0.1, 0.15) is 43.0 Å². The lowest BCUT2D eigenvalue weighted by atomic mass is 9.98. The van der Waals surface area contributed by atoms with E-state index in [1.54, 1.807) is 12.1 Å². The van der Waals surface area contributed by atoms with Gasteiger partial charge in [-0.2, -0.15) is 0 Å². The molecule has 98 valence electrons. The van der Waals surface area contributed by atoms with E-state index in [2.05, 4.69) is 11.8 Å². The number of benzene rings is 1. The molecule has 1 heterocycles. The monoisotopic (exact) mass is 247 g/mol. The average Bonchev–Trinajstić information content (AvgIpc) is 2.38. The first-order valence-electron chi connectivity index (χ1n) is 6.59. The molecular formula is C14H21N3O. The predicted octanol–water partition coefficient (Wildman–Crippen LogP) is 2.14. The van der Waals surface area contributed by atoms with E-state index in [1.165, 1.54) is 19.3 Å². The van der Waals surface area contributed by atoms with Crippen molar-refractivity contribution in [2.75, 3.05) is 17.2 Å². The van der Waals surface area contributed by atoms with E-state index in [9.17, 15) is 4.79 Å². The molecule has 0 bridgehead atoms. The zero-order valence-corrected chi connectivity index (χ0v) is 10.9. The second kappa shape index (κ2) is 5.29. The molecule has 0 aliphatic carbocycles. The summed E-state index contributed by atoms with van der Waals surface area (Å²) >= 11 is 0. The van der Waals surface area contributed by atoms with Crippen molar-refractivity contribution >= 4 is 17.3 Å². The molecule has 4 N–H and O–H groups in total. The highest BCUT2D eigenvalue weighted by atomic mass is 16.1. The largest absolute Gasteiger partial charge is 0.397 e. The SMILES string of the molecule is CCC1CCCCN1c1ccc(C(N)=O)cc1N. The van der Waals surface area contributed by atoms with Crippen LogP contribution < -0.4 is 16.4 Å². The minimum Gasteiger partial charge on any atom is -0.397 e. The Kier molecular flexibility index (Phi) is 3.75. The van der Waals surface area contributed by atoms with Gasteiger partial charge in [0.15, 0.2) is 0 Å². The minimum atomic E-state index is -0.432. The molecule has 0 saturated carbocycles. The number of amides is 1. The average molecular weight is 247 g/mol. The fraction of sp³-hybridized carbons (Fsp3) is 0.500. The van der Waals surface area contributed by atoms with Gasteiger partial charge in [-0.25, -0.2) is 0 Å². The number of nitrogens with two attached hydrogens (primary N) is 2. The molecule has 4 heteroatoms. The Balaban J connectivity index is 2.29. The summed E-state index contributed by atoms with van der Waals surface area (Å²) in [5.41, 5.74) is 13.5. The third-order valence-corrected chi connectivity index (χ3v) is 3.72. The highest BCUT2D eigenvalue weighted by Gasteiger charge is 2.22. The molecule has 1 aromatic carbocycles. The minimum absolute atomic E-state index is 0.432. The molecule has 2 rings (SSSR count). The van der Waals surface area contributed by atoms with Crippen molar-refractivity contribution in [3.8, 4) is 0 Å². The zero-order valence-electron chi connectivity index (χ0n) is 10.9. The highest BCUT2D eigenvalue weighted by molar-refractivity contribution is 5.94. The van der Waals surface area contributed by atoms with Crippen molar-refractivity contribution in [3.63, 3.8) is 0 Å². The number of hydrogen-bond donors (Lipinski definition) is 2. The Hall–Kier alpha value is -1.71. The lowest BCUT2D eigenvalue weighted by Crippen LogP contribution is -2.39. The Bertz CT molecular complexity index is 445. The van der Waals surface area contributed by atoms with E-state index in [0.717, 1.165) is 18.7 Å². The number of nitrogen functional groups attached to an aromatic ring is 1. The first-order chi connectivity index (χ1) is 8.63. The molecule has 0 aromatic heterocycles. The van der Waals surface area contributed by atoms with Crippen LogP contribution in [0.2, 0.25) is 0 Å². The number of primary amides is 1. The van der Waals surface area contributed by atoms with Crippen LogP contribution in [0.15, 0.2) is 18.2 Å². The second-order valence-corrected chi connectivity index (χ2v) is 4.89. The molecule has 1 aliphatic rings. The van der Waals surface area contributed by atoms with E-state index < -0.39 is 5.91 Å². The van der Waals surface area contributed by atoms with E-state index in [1.807, 2.05) is 6.07 Å². The molecule has 0 radical (unpaired) electrons. The standard InChI is InChI=1S/C14H21N3O/c1-2-11-5-3-4-8-17(11)13-7-6-10(14(16)18)9-12(13)15/h6-7,9,11H,2-5,8,15H2,1H3,(H2,16,18). The maximum atomic E-state index is 11.1. The van der Waals surface area contributed by atoms with E-state index >= 15 is 0 Å². The number of rotatable bonds is 3. The molecule has 4 nitrogen and oxygen atoms in total. The molecule has 1 aromatic rings. The molecule has 1 fully saturated rings. The van der Waals surface area contributed by atoms with E-state index in [0.29, 0.717) is 17.3 Å². The van der Waals surface area contributed by atoms with Crippen molar-refractivity contribution < 1.29 is 4.79 Å². The fourth-order valence-electron chi connectivity index (χ4n) is 2.71. The van der Waals surface area contributed by atoms with Gasteiger partial charge in [0, 0.05) is 18.2 Å². The Morgan fingerprint density at radius 2 is 2.22 bits per heavy atom. The van der Waals surface area contributed by atoms with Crippen molar-refractivity contribution in [1.29, 1.82) is 0 Å². The van der Waals surface area contributed by atoms with Gasteiger partial charge in [0.2, 0.25) is 5.91 Å². The van der Waals surface area contributed by atoms with Crippen LogP contribution in [0.4, 0.5) is 11.4 Å². The number of piperidine rings is 1. The molecule has 1 saturated heterocycles. The zero-order chi connectivity index (χ0) is 13.1. The first kappa shape index (κ1) is 12.7. The normalized spacial score (nSPS) is 19.8. The predicted molar refractivity (Wildman–Crippen MR) is 74.6 cm³/mol. The van der Waals surface area contributed by atoms with Crippen LogP contribution in [0.5, 0.6) is 0 Å². The van der Waals surface area contributed by atoms with Gasteiger partial charge in [-0.05, 0) is 43.9 Å². The van der Waals surface area contributed by atoms with Crippen molar-refractivity contribution in [1.82, 2.24) is 0 Å². The molecular weight excluding hydrogens is 226 g/mol. The summed E-state index contributed by atoms with van der Waals surface area (Å²) in [6.07, 6.45) is 4.83. The molecule has 1 atom stereocenters. The van der Waals surface area contributed by atoms with Gasteiger partial charge in [0.05, 0.1) is 11.4 Å². The third-order valence-electron chi connectivity index (χ3n) is 3.72. The Labute approximate surface area is 108 Å². The molecule has 18 heavy (non-hydrogen) atoms. The lowest BCUT2D eigenvalue weighted by Gasteiger charge is -2.37. The van der Waals surface area contributed by atoms with E-state index in [4.69, 9.17) is 11.5 Å². The van der Waals surface area contributed by atoms with Crippen LogP contribution in [0.3, 0.4) is 0 Å². The van der Waals surface area contributed by atoms with Crippen LogP contribution in [0, 0.1) is 0 Å². The fourth-order valence-corrected chi connectivity index (χ4v) is 2.71. The summed E-state index contributed by atoms with van der Waals surface area (Å²) in [4.78, 5) is 13.5. The van der Waals surface area contributed by atoms with Gasteiger partial charge >= 0.3 is 0 Å². The second-order valence-electron chi connectivity index (χ2n) is 4.89. The van der Waals surface area contributed by atoms with E-state index in [-0.39, 0.29) is 0 Å². The number of carbonyl (C=O) groups is 1. The summed E-state index contributed by atoms with van der Waals surface area (Å²) in [5, 5.41) is 0. The maximum Gasteiger partial charge on any atom is 0.248 e. The highest BCUT2D eigenvalue weighted by Crippen LogP contribution is 2.31. The summed E-state index contributed by atoms with van der Waals surface area (Å²) in [7, 11) is 0. The third kappa shape index (κ3) is 2.42. The number of anilines is 2. The van der Waals surface area contributed by atoms with Crippen molar-refractivity contribution in [2.45, 2.75) is 38.6 Å². The summed E-state index contributed by atoms with van der Waals surface area (Å²) in [6, 6.07) is 5.91. The van der Waals surface area contributed by atoms with Gasteiger partial charge in [0.25, 0.3) is 0 Å². The van der Waals surface area contributed by atoms with Gasteiger partial charge in [0.1, 0.15) is 0 Å². The van der Waals surface area contributed by atoms with Crippen LogP contribution in [-0.4, -0.2) is 18.5 Å². The van der Waals surface area contributed by atoms with Gasteiger partial charge in [-0.1, -0.05) is 6.92 Å². The smallest absolute Gasteiger partial charge is 0.248 e. The molecule has 0 spiro atoms. The first-order valence-corrected chi connectivity index (χ1v) is 6.59. The summed E-state index contributed by atoms with van der Waals surface area (Å²) < 4.78 is 0. The molecule has 1 amide bonds. The van der Waals surface area contributed by atoms with Crippen molar-refractivity contribution in [3.05, 3.63) is 23.8 Å². The van der Waals surface area contributed by atoms with Crippen LogP contribution in [-0.2, 0) is 0 Å². The Morgan fingerprint density at radius 1 is 1.44 bits per heavy atom. The van der Waals surface area contributed by atoms with Gasteiger partial charge in [-0.3, -0.25) is 4.79 Å². The number of nitrogens with zero attached hydrogens (tertiary/aromatic N) is 1. The summed E-state index contributed by atoms with van der Waals surface area (Å²) in [6.45, 7) is 3.25. The van der Waals surface area contributed by atoms with Crippen LogP contribution >= 0.6 is 0 Å². The van der Waals surface area contributed by atoms with Gasteiger partial charge in [-0.15, -0.1) is 0 Å². The van der Waals surface area contributed by atoms with Crippen LogP contribution in [0.25, 0.3) is 0 Å². The number of hydrogen-bond acceptors (Lipinski definition) is 3. The van der Waals surface area contributed by atoms with Crippen molar-refractivity contribution in [2.24, 2.45) is 5.73 Å². The lowest BCUT2D eigenvalue weighted by molar-refractivity contribution is 0.100. The molecule has 1 unspecified atom stereocenters. The summed E-state index contributed by atoms with van der Waals surface area (Å²) in [5.74, 6) is -0.432. The number of carbonyl (C=O) groups excluding carboxylic acids is 1. The van der Waals surface area contributed by atoms with Gasteiger partial charge < -0.3 is 16.4 Å². The topological polar surface area (TPSA) is 72.3 Å². The maximum absolute atomic E-state index is 11.1. The quantitative estimate of drug-likeness (QED) is 0.804.